The molecule has 0 spiro atoms. The first kappa shape index (κ1) is 13.6. The maximum Gasteiger partial charge on any atom is 0.262 e. The summed E-state index contributed by atoms with van der Waals surface area (Å²) in [6, 6.07) is 0. The van der Waals surface area contributed by atoms with Crippen LogP contribution < -0.4 is 0 Å². The number of aromatic nitrogens is 4. The van der Waals surface area contributed by atoms with Crippen LogP contribution in [0.3, 0.4) is 0 Å². The van der Waals surface area contributed by atoms with Crippen molar-refractivity contribution in [3.8, 4) is 0 Å². The van der Waals surface area contributed by atoms with Gasteiger partial charge in [-0.2, -0.15) is 4.31 Å². The summed E-state index contributed by atoms with van der Waals surface area (Å²) in [7, 11) is -2.28. The van der Waals surface area contributed by atoms with Crippen molar-refractivity contribution >= 4 is 37.9 Å². The van der Waals surface area contributed by atoms with Crippen molar-refractivity contribution in [2.75, 3.05) is 7.05 Å². The highest BCUT2D eigenvalue weighted by Gasteiger charge is 2.29. The fraction of sp³-hybridized carbons (Fsp3) is 0.200. The second-order valence-electron chi connectivity index (χ2n) is 4.06. The number of aromatic amines is 1. The minimum atomic E-state index is -3.75. The van der Waals surface area contributed by atoms with Crippen LogP contribution in [0.4, 0.5) is 0 Å². The molecular formula is C10H10ClN5O2S2. The van der Waals surface area contributed by atoms with E-state index < -0.39 is 10.0 Å². The summed E-state index contributed by atoms with van der Waals surface area (Å²) in [5.74, 6) is 0.554. The van der Waals surface area contributed by atoms with Crippen LogP contribution in [0.15, 0.2) is 29.0 Å². The van der Waals surface area contributed by atoms with Gasteiger partial charge in [-0.05, 0) is 0 Å². The van der Waals surface area contributed by atoms with E-state index in [2.05, 4.69) is 15.0 Å². The Bertz CT molecular complexity index is 836. The van der Waals surface area contributed by atoms with E-state index in [1.54, 1.807) is 24.0 Å². The Balaban J connectivity index is 2.02. The van der Waals surface area contributed by atoms with Crippen molar-refractivity contribution in [2.45, 2.75) is 11.6 Å². The molecule has 3 rings (SSSR count). The summed E-state index contributed by atoms with van der Waals surface area (Å²) in [6.45, 7) is 0.128. The van der Waals surface area contributed by atoms with Crippen LogP contribution in [-0.2, 0) is 16.6 Å². The Hall–Kier alpha value is -1.42. The minimum Gasteiger partial charge on any atom is -0.347 e. The Labute approximate surface area is 123 Å². The number of nitrogens with one attached hydrogen (secondary N) is 1. The van der Waals surface area contributed by atoms with Crippen molar-refractivity contribution in [3.05, 3.63) is 34.9 Å². The number of sulfonamides is 1. The van der Waals surface area contributed by atoms with E-state index in [0.29, 0.717) is 10.8 Å². The highest BCUT2D eigenvalue weighted by Crippen LogP contribution is 2.27. The van der Waals surface area contributed by atoms with Crippen LogP contribution in [0, 0.1) is 0 Å². The number of rotatable bonds is 4. The predicted octanol–water partition coefficient (Wildman–Crippen LogP) is 1.59. The van der Waals surface area contributed by atoms with E-state index in [0.717, 1.165) is 0 Å². The third-order valence-corrected chi connectivity index (χ3v) is 5.72. The Kier molecular flexibility index (Phi) is 3.28. The van der Waals surface area contributed by atoms with Gasteiger partial charge in [0.2, 0.25) is 0 Å². The van der Waals surface area contributed by atoms with E-state index in [1.165, 1.54) is 27.1 Å². The van der Waals surface area contributed by atoms with Crippen LogP contribution >= 0.6 is 22.9 Å². The molecule has 0 fully saturated rings. The van der Waals surface area contributed by atoms with E-state index >= 15 is 0 Å². The van der Waals surface area contributed by atoms with E-state index in [4.69, 9.17) is 11.6 Å². The van der Waals surface area contributed by atoms with Gasteiger partial charge in [0.05, 0.1) is 6.54 Å². The fourth-order valence-electron chi connectivity index (χ4n) is 1.80. The molecule has 0 bridgehead atoms. The zero-order valence-electron chi connectivity index (χ0n) is 10.3. The SMILES string of the molecule is CN(Cc1ncc[nH]1)S(=O)(=O)c1c(Cl)nc2sccn12. The van der Waals surface area contributed by atoms with Gasteiger partial charge in [0.15, 0.2) is 15.1 Å². The summed E-state index contributed by atoms with van der Waals surface area (Å²) in [6.07, 6.45) is 4.84. The van der Waals surface area contributed by atoms with Crippen molar-refractivity contribution in [3.63, 3.8) is 0 Å². The molecule has 3 heterocycles. The van der Waals surface area contributed by atoms with Crippen molar-refractivity contribution in [1.29, 1.82) is 0 Å². The number of hydrogen-bond donors (Lipinski definition) is 1. The molecule has 0 radical (unpaired) electrons. The normalized spacial score (nSPS) is 12.6. The lowest BCUT2D eigenvalue weighted by Gasteiger charge is -2.15. The Morgan fingerprint density at radius 1 is 1.55 bits per heavy atom. The molecule has 0 saturated heterocycles. The molecular weight excluding hydrogens is 322 g/mol. The molecule has 106 valence electrons. The van der Waals surface area contributed by atoms with Gasteiger partial charge in [-0.1, -0.05) is 11.6 Å². The molecule has 10 heteroatoms. The van der Waals surface area contributed by atoms with Crippen LogP contribution in [-0.4, -0.2) is 39.1 Å². The standard InChI is InChI=1S/C10H10ClN5O2S2/c1-15(6-7-12-2-3-13-7)20(17,18)9-8(11)14-10-16(9)4-5-19-10/h2-5H,6H2,1H3,(H,12,13). The maximum atomic E-state index is 12.6. The number of H-pyrrole nitrogens is 1. The van der Waals surface area contributed by atoms with E-state index in [1.807, 2.05) is 0 Å². The quantitative estimate of drug-likeness (QED) is 0.787. The minimum absolute atomic E-state index is 0.0236. The lowest BCUT2D eigenvalue weighted by atomic mass is 10.6. The zero-order chi connectivity index (χ0) is 14.3. The third-order valence-electron chi connectivity index (χ3n) is 2.76. The van der Waals surface area contributed by atoms with Crippen LogP contribution in [0.1, 0.15) is 5.82 Å². The van der Waals surface area contributed by atoms with Gasteiger partial charge >= 0.3 is 0 Å². The van der Waals surface area contributed by atoms with Gasteiger partial charge in [-0.15, -0.1) is 11.3 Å². The first-order valence-electron chi connectivity index (χ1n) is 5.56. The largest absolute Gasteiger partial charge is 0.347 e. The van der Waals surface area contributed by atoms with Crippen molar-refractivity contribution < 1.29 is 8.42 Å². The maximum absolute atomic E-state index is 12.6. The van der Waals surface area contributed by atoms with Gasteiger partial charge in [-0.25, -0.2) is 18.4 Å². The monoisotopic (exact) mass is 331 g/mol. The molecule has 0 atom stereocenters. The predicted molar refractivity (Wildman–Crippen MR) is 75.3 cm³/mol. The molecule has 0 saturated carbocycles. The Morgan fingerprint density at radius 3 is 3.05 bits per heavy atom. The average molecular weight is 332 g/mol. The molecule has 0 aromatic carbocycles. The topological polar surface area (TPSA) is 83.4 Å². The van der Waals surface area contributed by atoms with Crippen molar-refractivity contribution in [1.82, 2.24) is 23.7 Å². The first-order valence-corrected chi connectivity index (χ1v) is 8.25. The van der Waals surface area contributed by atoms with Crippen molar-refractivity contribution in [2.24, 2.45) is 0 Å². The van der Waals surface area contributed by atoms with Gasteiger partial charge < -0.3 is 4.98 Å². The molecule has 20 heavy (non-hydrogen) atoms. The smallest absolute Gasteiger partial charge is 0.262 e. The highest BCUT2D eigenvalue weighted by atomic mass is 35.5. The van der Waals surface area contributed by atoms with E-state index in [-0.39, 0.29) is 16.7 Å². The second-order valence-corrected chi connectivity index (χ2v) is 7.25. The molecule has 0 aliphatic heterocycles. The highest BCUT2D eigenvalue weighted by molar-refractivity contribution is 7.89. The molecule has 0 aliphatic carbocycles. The van der Waals surface area contributed by atoms with Crippen LogP contribution in [0.25, 0.3) is 4.96 Å². The first-order chi connectivity index (χ1) is 9.50. The molecule has 7 nitrogen and oxygen atoms in total. The molecule has 0 amide bonds. The number of halogens is 1. The fourth-order valence-corrected chi connectivity index (χ4v) is 4.32. The average Bonchev–Trinajstić information content (AvgIpc) is 3.05. The lowest BCUT2D eigenvalue weighted by molar-refractivity contribution is 0.455. The number of fused-ring (bicyclic) bond motifs is 1. The summed E-state index contributed by atoms with van der Waals surface area (Å²) >= 11 is 7.29. The number of imidazole rings is 2. The Morgan fingerprint density at radius 2 is 2.35 bits per heavy atom. The molecule has 0 aliphatic rings. The van der Waals surface area contributed by atoms with Gasteiger partial charge in [-0.3, -0.25) is 4.40 Å². The third kappa shape index (κ3) is 2.12. The lowest BCUT2D eigenvalue weighted by Crippen LogP contribution is -2.28. The second kappa shape index (κ2) is 4.85. The summed E-state index contributed by atoms with van der Waals surface area (Å²) in [5.41, 5.74) is 0. The summed E-state index contributed by atoms with van der Waals surface area (Å²) in [5, 5.41) is 1.71. The number of hydrogen-bond acceptors (Lipinski definition) is 5. The molecule has 3 aromatic rings. The van der Waals surface area contributed by atoms with Gasteiger partial charge in [0.1, 0.15) is 5.82 Å². The van der Waals surface area contributed by atoms with E-state index in [9.17, 15) is 8.42 Å². The van der Waals surface area contributed by atoms with Crippen LogP contribution in [0.5, 0.6) is 0 Å². The number of nitrogens with zero attached hydrogens (tertiary/aromatic N) is 4. The summed E-state index contributed by atoms with van der Waals surface area (Å²) < 4.78 is 27.8. The number of thiazole rings is 1. The van der Waals surface area contributed by atoms with Gasteiger partial charge in [0, 0.05) is 31.0 Å². The summed E-state index contributed by atoms with van der Waals surface area (Å²) in [4.78, 5) is 11.5. The van der Waals surface area contributed by atoms with Gasteiger partial charge in [0.25, 0.3) is 10.0 Å². The molecule has 3 aromatic heterocycles. The molecule has 1 N–H and O–H groups in total. The van der Waals surface area contributed by atoms with Crippen LogP contribution in [0.2, 0.25) is 5.15 Å². The zero-order valence-corrected chi connectivity index (χ0v) is 12.7. The molecule has 0 unspecified atom stereocenters.